The van der Waals surface area contributed by atoms with Crippen LogP contribution in [0.15, 0.2) is 29.0 Å². The van der Waals surface area contributed by atoms with Gasteiger partial charge in [0, 0.05) is 17.1 Å². The van der Waals surface area contributed by atoms with Gasteiger partial charge in [-0.25, -0.2) is 14.4 Å². The summed E-state index contributed by atoms with van der Waals surface area (Å²) in [6.07, 6.45) is 1.37. The van der Waals surface area contributed by atoms with Crippen LogP contribution in [0.25, 0.3) is 11.3 Å². The molecule has 4 nitrogen and oxygen atoms in total. The minimum Gasteiger partial charge on any atom is -0.491 e. The predicted molar refractivity (Wildman–Crippen MR) is 71.2 cm³/mol. The number of hydrogen-bond donors (Lipinski definition) is 1. The maximum absolute atomic E-state index is 13.9. The van der Waals surface area contributed by atoms with Gasteiger partial charge in [-0.1, -0.05) is 15.9 Å². The third kappa shape index (κ3) is 2.28. The van der Waals surface area contributed by atoms with Gasteiger partial charge in [-0.15, -0.1) is 0 Å². The van der Waals surface area contributed by atoms with Gasteiger partial charge in [-0.05, 0) is 18.2 Å². The van der Waals surface area contributed by atoms with Crippen molar-refractivity contribution in [3.8, 4) is 17.0 Å². The number of anilines is 1. The molecule has 1 aromatic carbocycles. The topological polar surface area (TPSA) is 47.0 Å². The lowest BCUT2D eigenvalue weighted by Crippen LogP contribution is -2.01. The molecule has 0 aliphatic heterocycles. The number of hydrogen-bond acceptors (Lipinski definition) is 4. The smallest absolute Gasteiger partial charge is 0.187 e. The van der Waals surface area contributed by atoms with Crippen molar-refractivity contribution in [3.63, 3.8) is 0 Å². The first-order valence-corrected chi connectivity index (χ1v) is 5.98. The van der Waals surface area contributed by atoms with Crippen LogP contribution in [0.1, 0.15) is 0 Å². The lowest BCUT2D eigenvalue weighted by molar-refractivity contribution is 0.414. The van der Waals surface area contributed by atoms with E-state index in [9.17, 15) is 4.39 Å². The summed E-state index contributed by atoms with van der Waals surface area (Å²) in [6.45, 7) is 0. The molecular weight excluding hydrogens is 301 g/mol. The van der Waals surface area contributed by atoms with Crippen molar-refractivity contribution in [2.75, 3.05) is 19.5 Å². The standard InChI is InChI=1S/C12H11BrFN3O/c1-15-12-11(18-2)10(16-6-17-12)8-5-7(13)3-4-9(8)14/h3-6H,1-2H3,(H,15,16,17). The number of benzene rings is 1. The molecule has 0 aliphatic carbocycles. The van der Waals surface area contributed by atoms with Gasteiger partial charge in [0.05, 0.1) is 7.11 Å². The monoisotopic (exact) mass is 311 g/mol. The first-order valence-electron chi connectivity index (χ1n) is 5.19. The van der Waals surface area contributed by atoms with Gasteiger partial charge in [-0.3, -0.25) is 0 Å². The Balaban J connectivity index is 2.66. The van der Waals surface area contributed by atoms with E-state index in [1.165, 1.54) is 19.5 Å². The van der Waals surface area contributed by atoms with Crippen molar-refractivity contribution < 1.29 is 9.13 Å². The van der Waals surface area contributed by atoms with Crippen molar-refractivity contribution in [1.29, 1.82) is 0 Å². The Morgan fingerprint density at radius 2 is 2.11 bits per heavy atom. The number of rotatable bonds is 3. The summed E-state index contributed by atoms with van der Waals surface area (Å²) in [6, 6.07) is 4.66. The quantitative estimate of drug-likeness (QED) is 0.946. The fourth-order valence-corrected chi connectivity index (χ4v) is 1.98. The molecule has 0 atom stereocenters. The van der Waals surface area contributed by atoms with Crippen LogP contribution in [0.3, 0.4) is 0 Å². The molecule has 6 heteroatoms. The number of aromatic nitrogens is 2. The van der Waals surface area contributed by atoms with Crippen LogP contribution in [0.2, 0.25) is 0 Å². The van der Waals surface area contributed by atoms with Crippen molar-refractivity contribution in [1.82, 2.24) is 9.97 Å². The first-order chi connectivity index (χ1) is 8.67. The molecule has 2 rings (SSSR count). The van der Waals surface area contributed by atoms with Crippen molar-refractivity contribution >= 4 is 21.7 Å². The van der Waals surface area contributed by atoms with Crippen LogP contribution in [0.5, 0.6) is 5.75 Å². The maximum atomic E-state index is 13.9. The second-order valence-corrected chi connectivity index (χ2v) is 4.39. The predicted octanol–water partition coefficient (Wildman–Crippen LogP) is 3.10. The molecule has 0 spiro atoms. The number of ether oxygens (including phenoxy) is 1. The van der Waals surface area contributed by atoms with E-state index in [0.29, 0.717) is 22.8 Å². The van der Waals surface area contributed by atoms with E-state index in [1.807, 2.05) is 0 Å². The van der Waals surface area contributed by atoms with Crippen LogP contribution >= 0.6 is 15.9 Å². The van der Waals surface area contributed by atoms with Gasteiger partial charge < -0.3 is 10.1 Å². The van der Waals surface area contributed by atoms with E-state index in [2.05, 4.69) is 31.2 Å². The summed E-state index contributed by atoms with van der Waals surface area (Å²) in [5.41, 5.74) is 0.774. The first kappa shape index (κ1) is 12.8. The Labute approximate surface area is 112 Å². The highest BCUT2D eigenvalue weighted by Crippen LogP contribution is 2.35. The number of nitrogens with one attached hydrogen (secondary N) is 1. The summed E-state index contributed by atoms with van der Waals surface area (Å²) in [5.74, 6) is 0.566. The van der Waals surface area contributed by atoms with E-state index in [4.69, 9.17) is 4.74 Å². The molecule has 0 amide bonds. The van der Waals surface area contributed by atoms with E-state index in [-0.39, 0.29) is 5.82 Å². The molecule has 94 valence electrons. The van der Waals surface area contributed by atoms with E-state index >= 15 is 0 Å². The van der Waals surface area contributed by atoms with Crippen LogP contribution in [0, 0.1) is 5.82 Å². The van der Waals surface area contributed by atoms with Gasteiger partial charge in [0.25, 0.3) is 0 Å². The fraction of sp³-hybridized carbons (Fsp3) is 0.167. The largest absolute Gasteiger partial charge is 0.491 e. The second kappa shape index (κ2) is 5.30. The number of methoxy groups -OCH3 is 1. The molecule has 0 bridgehead atoms. The molecule has 0 radical (unpaired) electrons. The molecule has 1 heterocycles. The van der Waals surface area contributed by atoms with E-state index < -0.39 is 0 Å². The fourth-order valence-electron chi connectivity index (χ4n) is 1.62. The summed E-state index contributed by atoms with van der Waals surface area (Å²) in [4.78, 5) is 8.12. The zero-order valence-electron chi connectivity index (χ0n) is 9.87. The van der Waals surface area contributed by atoms with Gasteiger partial charge >= 0.3 is 0 Å². The van der Waals surface area contributed by atoms with Crippen LogP contribution < -0.4 is 10.1 Å². The molecule has 1 N–H and O–H groups in total. The minimum absolute atomic E-state index is 0.361. The zero-order chi connectivity index (χ0) is 13.1. The van der Waals surface area contributed by atoms with Gasteiger partial charge in [0.15, 0.2) is 11.6 Å². The molecule has 0 aliphatic rings. The molecule has 0 unspecified atom stereocenters. The maximum Gasteiger partial charge on any atom is 0.187 e. The third-order valence-corrected chi connectivity index (χ3v) is 2.92. The SMILES string of the molecule is CNc1ncnc(-c2cc(Br)ccc2F)c1OC. The Morgan fingerprint density at radius 3 is 2.78 bits per heavy atom. The minimum atomic E-state index is -0.364. The van der Waals surface area contributed by atoms with Gasteiger partial charge in [0.1, 0.15) is 17.8 Å². The normalized spacial score (nSPS) is 10.2. The lowest BCUT2D eigenvalue weighted by Gasteiger charge is -2.11. The van der Waals surface area contributed by atoms with E-state index in [1.54, 1.807) is 19.2 Å². The Hall–Kier alpha value is -1.69. The van der Waals surface area contributed by atoms with Crippen molar-refractivity contribution in [2.45, 2.75) is 0 Å². The van der Waals surface area contributed by atoms with Gasteiger partial charge in [-0.2, -0.15) is 0 Å². The number of halogens is 2. The highest BCUT2D eigenvalue weighted by Gasteiger charge is 2.16. The third-order valence-electron chi connectivity index (χ3n) is 2.43. The summed E-state index contributed by atoms with van der Waals surface area (Å²) >= 11 is 3.31. The Morgan fingerprint density at radius 1 is 1.33 bits per heavy atom. The van der Waals surface area contributed by atoms with Crippen molar-refractivity contribution in [2.24, 2.45) is 0 Å². The van der Waals surface area contributed by atoms with Gasteiger partial charge in [0.2, 0.25) is 0 Å². The van der Waals surface area contributed by atoms with Crippen molar-refractivity contribution in [3.05, 3.63) is 34.8 Å². The molecule has 0 saturated heterocycles. The summed E-state index contributed by atoms with van der Waals surface area (Å²) in [7, 11) is 3.21. The van der Waals surface area contributed by atoms with Crippen LogP contribution in [-0.4, -0.2) is 24.1 Å². The van der Waals surface area contributed by atoms with Crippen LogP contribution in [0.4, 0.5) is 10.2 Å². The van der Waals surface area contributed by atoms with Crippen LogP contribution in [-0.2, 0) is 0 Å². The molecule has 0 saturated carbocycles. The highest BCUT2D eigenvalue weighted by atomic mass is 79.9. The summed E-state index contributed by atoms with van der Waals surface area (Å²) in [5, 5.41) is 2.88. The number of nitrogens with zero attached hydrogens (tertiary/aromatic N) is 2. The molecule has 0 fully saturated rings. The molecular formula is C12H11BrFN3O. The average molecular weight is 312 g/mol. The molecule has 2 aromatic rings. The highest BCUT2D eigenvalue weighted by molar-refractivity contribution is 9.10. The zero-order valence-corrected chi connectivity index (χ0v) is 11.5. The Kier molecular flexibility index (Phi) is 3.76. The second-order valence-electron chi connectivity index (χ2n) is 3.48. The molecule has 18 heavy (non-hydrogen) atoms. The molecule has 1 aromatic heterocycles. The average Bonchev–Trinajstić information content (AvgIpc) is 2.40. The summed E-state index contributed by atoms with van der Waals surface area (Å²) < 4.78 is 19.9. The Bertz CT molecular complexity index is 577. The van der Waals surface area contributed by atoms with E-state index in [0.717, 1.165) is 4.47 Å². The lowest BCUT2D eigenvalue weighted by atomic mass is 10.1.